The van der Waals surface area contributed by atoms with Crippen LogP contribution in [0.2, 0.25) is 0 Å². The molecule has 0 heterocycles. The number of aryl methyl sites for hydroxylation is 1. The Morgan fingerprint density at radius 3 is 2.41 bits per heavy atom. The third-order valence-electron chi connectivity index (χ3n) is 2.36. The van der Waals surface area contributed by atoms with Gasteiger partial charge in [-0.05, 0) is 24.1 Å². The lowest BCUT2D eigenvalue weighted by Gasteiger charge is -2.15. The van der Waals surface area contributed by atoms with Crippen LogP contribution in [0.25, 0.3) is 0 Å². The van der Waals surface area contributed by atoms with Crippen molar-refractivity contribution in [3.8, 4) is 5.75 Å². The number of carbonyl (C=O) groups is 1. The summed E-state index contributed by atoms with van der Waals surface area (Å²) in [5, 5.41) is 8.58. The van der Waals surface area contributed by atoms with Gasteiger partial charge in [0.2, 0.25) is 0 Å². The van der Waals surface area contributed by atoms with Crippen LogP contribution < -0.4 is 4.52 Å². The molecule has 94 valence electrons. The normalized spacial score (nSPS) is 11.0. The molecule has 0 spiro atoms. The third-order valence-corrected chi connectivity index (χ3v) is 3.98. The van der Waals surface area contributed by atoms with Crippen molar-refractivity contribution in [2.24, 2.45) is 4.74 Å². The standard InChI is InChI=1S/C12H18NO3P/c1-13-17(2,3)16-11-7-4-10(5-8-11)6-9-12(14)15/h4-5,7-8H,6,9H2,1-3H3,(H,14,15). The molecule has 0 atom stereocenters. The molecular weight excluding hydrogens is 237 g/mol. The molecule has 0 aliphatic heterocycles. The Labute approximate surface area is 102 Å². The molecule has 0 aliphatic carbocycles. The highest BCUT2D eigenvalue weighted by molar-refractivity contribution is 7.60. The molecule has 0 bridgehead atoms. The van der Waals surface area contributed by atoms with Gasteiger partial charge in [-0.15, -0.1) is 0 Å². The molecule has 4 nitrogen and oxygen atoms in total. The van der Waals surface area contributed by atoms with Crippen molar-refractivity contribution in [1.82, 2.24) is 0 Å². The summed E-state index contributed by atoms with van der Waals surface area (Å²) >= 11 is 0. The van der Waals surface area contributed by atoms with Gasteiger partial charge in [0, 0.05) is 26.8 Å². The van der Waals surface area contributed by atoms with Gasteiger partial charge in [-0.25, -0.2) is 0 Å². The maximum absolute atomic E-state index is 10.4. The zero-order chi connectivity index (χ0) is 12.9. The summed E-state index contributed by atoms with van der Waals surface area (Å²) in [5.41, 5.74) is 1.00. The zero-order valence-electron chi connectivity index (χ0n) is 10.4. The van der Waals surface area contributed by atoms with E-state index in [4.69, 9.17) is 9.63 Å². The average Bonchev–Trinajstić information content (AvgIpc) is 2.28. The van der Waals surface area contributed by atoms with Gasteiger partial charge in [-0.1, -0.05) is 12.1 Å². The molecule has 0 radical (unpaired) electrons. The van der Waals surface area contributed by atoms with Crippen molar-refractivity contribution in [2.45, 2.75) is 12.8 Å². The number of benzene rings is 1. The van der Waals surface area contributed by atoms with Crippen molar-refractivity contribution < 1.29 is 14.4 Å². The predicted molar refractivity (Wildman–Crippen MR) is 70.1 cm³/mol. The minimum atomic E-state index is -1.66. The number of carboxylic acids is 1. The van der Waals surface area contributed by atoms with Crippen molar-refractivity contribution in [3.63, 3.8) is 0 Å². The van der Waals surface area contributed by atoms with Gasteiger partial charge in [-0.2, -0.15) is 0 Å². The summed E-state index contributed by atoms with van der Waals surface area (Å²) in [6, 6.07) is 7.52. The second kappa shape index (κ2) is 5.87. The van der Waals surface area contributed by atoms with Crippen LogP contribution in [0, 0.1) is 0 Å². The van der Waals surface area contributed by atoms with Crippen molar-refractivity contribution in [2.75, 3.05) is 20.4 Å². The van der Waals surface area contributed by atoms with Crippen molar-refractivity contribution >= 4 is 13.3 Å². The predicted octanol–water partition coefficient (Wildman–Crippen LogP) is 3.09. The number of carboxylic acid groups (broad SMARTS) is 1. The summed E-state index contributed by atoms with van der Waals surface area (Å²) in [5.74, 6) is 0.00942. The molecule has 5 heteroatoms. The molecule has 0 saturated carbocycles. The fourth-order valence-electron chi connectivity index (χ4n) is 1.27. The Morgan fingerprint density at radius 1 is 1.35 bits per heavy atom. The molecule has 0 aliphatic rings. The number of aliphatic carboxylic acids is 1. The Balaban J connectivity index is 2.65. The van der Waals surface area contributed by atoms with Crippen molar-refractivity contribution in [1.29, 1.82) is 0 Å². The largest absolute Gasteiger partial charge is 0.481 e. The van der Waals surface area contributed by atoms with E-state index in [9.17, 15) is 4.79 Å². The van der Waals surface area contributed by atoms with Crippen LogP contribution in [0.1, 0.15) is 12.0 Å². The van der Waals surface area contributed by atoms with Crippen LogP contribution in [-0.2, 0) is 11.2 Å². The quantitative estimate of drug-likeness (QED) is 0.822. The number of hydrogen-bond acceptors (Lipinski definition) is 3. The lowest BCUT2D eigenvalue weighted by atomic mass is 10.1. The van der Waals surface area contributed by atoms with E-state index < -0.39 is 13.3 Å². The van der Waals surface area contributed by atoms with Gasteiger partial charge in [0.25, 0.3) is 0 Å². The monoisotopic (exact) mass is 255 g/mol. The first-order valence-corrected chi connectivity index (χ1v) is 7.94. The first-order valence-electron chi connectivity index (χ1n) is 5.38. The smallest absolute Gasteiger partial charge is 0.303 e. The van der Waals surface area contributed by atoms with E-state index in [0.29, 0.717) is 6.42 Å². The maximum atomic E-state index is 10.4. The second-order valence-corrected chi connectivity index (χ2v) is 7.29. The van der Waals surface area contributed by atoms with Crippen LogP contribution >= 0.6 is 7.28 Å². The highest BCUT2D eigenvalue weighted by Gasteiger charge is 2.06. The highest BCUT2D eigenvalue weighted by Crippen LogP contribution is 2.42. The minimum Gasteiger partial charge on any atom is -0.481 e. The van der Waals surface area contributed by atoms with Crippen LogP contribution in [0.5, 0.6) is 5.75 Å². The van der Waals surface area contributed by atoms with E-state index in [2.05, 4.69) is 4.74 Å². The summed E-state index contributed by atoms with van der Waals surface area (Å²) in [7, 11) is 0.0983. The maximum Gasteiger partial charge on any atom is 0.303 e. The van der Waals surface area contributed by atoms with E-state index in [1.807, 2.05) is 37.6 Å². The van der Waals surface area contributed by atoms with Crippen LogP contribution in [0.3, 0.4) is 0 Å². The number of rotatable bonds is 5. The number of hydrogen-bond donors (Lipinski definition) is 1. The highest BCUT2D eigenvalue weighted by atomic mass is 31.2. The number of nitrogens with zero attached hydrogens (tertiary/aromatic N) is 1. The molecular formula is C12H18NO3P. The first kappa shape index (κ1) is 13.8. The van der Waals surface area contributed by atoms with Crippen molar-refractivity contribution in [3.05, 3.63) is 29.8 Å². The second-order valence-electron chi connectivity index (χ2n) is 4.12. The van der Waals surface area contributed by atoms with E-state index in [1.54, 1.807) is 7.05 Å². The van der Waals surface area contributed by atoms with Gasteiger partial charge in [0.05, 0.1) is 0 Å². The third kappa shape index (κ3) is 5.05. The molecule has 17 heavy (non-hydrogen) atoms. The average molecular weight is 255 g/mol. The minimum absolute atomic E-state index is 0.156. The molecule has 1 aromatic carbocycles. The summed E-state index contributed by atoms with van der Waals surface area (Å²) in [6.07, 6.45) is 0.704. The Morgan fingerprint density at radius 2 is 1.94 bits per heavy atom. The lowest BCUT2D eigenvalue weighted by molar-refractivity contribution is -0.136. The van der Waals surface area contributed by atoms with Gasteiger partial charge < -0.3 is 9.63 Å². The van der Waals surface area contributed by atoms with Gasteiger partial charge in [0.15, 0.2) is 0 Å². The summed E-state index contributed by atoms with van der Waals surface area (Å²) in [4.78, 5) is 10.4. The summed E-state index contributed by atoms with van der Waals surface area (Å²) < 4.78 is 9.97. The molecule has 1 N–H and O–H groups in total. The first-order chi connectivity index (χ1) is 7.93. The van der Waals surface area contributed by atoms with Crippen LogP contribution in [0.4, 0.5) is 0 Å². The Kier molecular flexibility index (Phi) is 4.76. The van der Waals surface area contributed by atoms with E-state index in [-0.39, 0.29) is 6.42 Å². The molecule has 0 saturated heterocycles. The van der Waals surface area contributed by atoms with Gasteiger partial charge in [0.1, 0.15) is 13.0 Å². The molecule has 0 unspecified atom stereocenters. The Hall–Kier alpha value is -1.28. The molecule has 0 fully saturated rings. The SMILES string of the molecule is CN=P(C)(C)Oc1ccc(CCC(=O)O)cc1. The van der Waals surface area contributed by atoms with Crippen LogP contribution in [0.15, 0.2) is 29.0 Å². The van der Waals surface area contributed by atoms with E-state index in [0.717, 1.165) is 11.3 Å². The molecule has 1 rings (SSSR count). The zero-order valence-corrected chi connectivity index (χ0v) is 11.3. The van der Waals surface area contributed by atoms with E-state index in [1.165, 1.54) is 0 Å². The Bertz CT molecular complexity index is 434. The van der Waals surface area contributed by atoms with E-state index >= 15 is 0 Å². The molecule has 0 aromatic heterocycles. The topological polar surface area (TPSA) is 58.9 Å². The van der Waals surface area contributed by atoms with Gasteiger partial charge in [-0.3, -0.25) is 9.54 Å². The fourth-order valence-corrected chi connectivity index (χ4v) is 1.99. The van der Waals surface area contributed by atoms with Gasteiger partial charge >= 0.3 is 5.97 Å². The summed E-state index contributed by atoms with van der Waals surface area (Å²) in [6.45, 7) is 3.98. The van der Waals surface area contributed by atoms with Crippen LogP contribution in [-0.4, -0.2) is 31.5 Å². The molecule has 1 aromatic rings. The molecule has 0 amide bonds. The lowest BCUT2D eigenvalue weighted by Crippen LogP contribution is -1.97. The fraction of sp³-hybridized carbons (Fsp3) is 0.417.